The number of halogens is 1. The highest BCUT2D eigenvalue weighted by Crippen LogP contribution is 2.16. The number of nitrogens with zero attached hydrogens (tertiary/aromatic N) is 3. The minimum absolute atomic E-state index is 0.566. The van der Waals surface area contributed by atoms with Crippen LogP contribution in [0.4, 0.5) is 0 Å². The van der Waals surface area contributed by atoms with Crippen molar-refractivity contribution in [2.45, 2.75) is 13.0 Å². The molecule has 0 bridgehead atoms. The summed E-state index contributed by atoms with van der Waals surface area (Å²) in [6.07, 6.45) is 4.52. The van der Waals surface area contributed by atoms with Gasteiger partial charge < -0.3 is 4.74 Å². The number of hydrogen-bond donors (Lipinski definition) is 0. The highest BCUT2D eigenvalue weighted by atomic mass is 79.9. The molecule has 0 saturated carbocycles. The van der Waals surface area contributed by atoms with Gasteiger partial charge in [0.2, 0.25) is 0 Å². The van der Waals surface area contributed by atoms with Crippen LogP contribution < -0.4 is 4.74 Å². The van der Waals surface area contributed by atoms with Crippen LogP contribution >= 0.6 is 15.9 Å². The highest BCUT2D eigenvalue weighted by Gasteiger charge is 2.01. The zero-order valence-corrected chi connectivity index (χ0v) is 11.3. The summed E-state index contributed by atoms with van der Waals surface area (Å²) < 4.78 is 8.40. The maximum atomic E-state index is 8.91. The fourth-order valence-electron chi connectivity index (χ4n) is 1.55. The van der Waals surface area contributed by atoms with Crippen molar-refractivity contribution in [3.63, 3.8) is 0 Å². The van der Waals surface area contributed by atoms with Gasteiger partial charge in [-0.2, -0.15) is 10.4 Å². The Morgan fingerprint density at radius 2 is 2.22 bits per heavy atom. The molecule has 0 fully saturated rings. The number of aromatic nitrogens is 2. The van der Waals surface area contributed by atoms with Crippen LogP contribution in [0.2, 0.25) is 0 Å². The zero-order valence-electron chi connectivity index (χ0n) is 9.71. The lowest BCUT2D eigenvalue weighted by Crippen LogP contribution is -2.05. The average Bonchev–Trinajstić information content (AvgIpc) is 2.81. The molecule has 0 amide bonds. The quantitative estimate of drug-likeness (QED) is 0.798. The second kappa shape index (κ2) is 6.22. The summed E-state index contributed by atoms with van der Waals surface area (Å²) >= 11 is 3.35. The van der Waals surface area contributed by atoms with E-state index in [1.165, 1.54) is 0 Å². The van der Waals surface area contributed by atoms with Gasteiger partial charge in [-0.05, 0) is 28.1 Å². The molecule has 1 aromatic carbocycles. The molecule has 0 atom stereocenters. The molecular weight excluding hydrogens is 294 g/mol. The molecule has 0 aliphatic rings. The Labute approximate surface area is 114 Å². The van der Waals surface area contributed by atoms with E-state index in [9.17, 15) is 0 Å². The third kappa shape index (κ3) is 3.34. The molecule has 18 heavy (non-hydrogen) atoms. The number of nitriles is 1. The fraction of sp³-hybridized carbons (Fsp3) is 0.231. The maximum Gasteiger partial charge on any atom is 0.137 e. The Morgan fingerprint density at radius 3 is 2.94 bits per heavy atom. The molecule has 2 rings (SSSR count). The van der Waals surface area contributed by atoms with E-state index in [1.54, 1.807) is 12.3 Å². The molecule has 0 saturated heterocycles. The minimum Gasteiger partial charge on any atom is -0.492 e. The summed E-state index contributed by atoms with van der Waals surface area (Å²) in [4.78, 5) is 0. The molecule has 0 radical (unpaired) electrons. The maximum absolute atomic E-state index is 8.91. The fourth-order valence-corrected chi connectivity index (χ4v) is 1.88. The molecule has 0 spiro atoms. The number of ether oxygens (including phenoxy) is 1. The predicted molar refractivity (Wildman–Crippen MR) is 71.2 cm³/mol. The van der Waals surface area contributed by atoms with E-state index >= 15 is 0 Å². The van der Waals surface area contributed by atoms with Gasteiger partial charge in [0.05, 0.1) is 22.8 Å². The van der Waals surface area contributed by atoms with Crippen molar-refractivity contribution in [3.8, 4) is 11.8 Å². The molecule has 5 heteroatoms. The Kier molecular flexibility index (Phi) is 4.37. The van der Waals surface area contributed by atoms with Gasteiger partial charge in [0.15, 0.2) is 0 Å². The van der Waals surface area contributed by atoms with Crippen molar-refractivity contribution in [2.24, 2.45) is 0 Å². The smallest absolute Gasteiger partial charge is 0.137 e. The SMILES string of the molecule is N#Cc1ccccc1OCCCn1cc(Br)cn1. The van der Waals surface area contributed by atoms with Crippen molar-refractivity contribution in [3.05, 3.63) is 46.7 Å². The molecule has 0 aliphatic carbocycles. The monoisotopic (exact) mass is 305 g/mol. The van der Waals surface area contributed by atoms with E-state index in [1.807, 2.05) is 29.1 Å². The van der Waals surface area contributed by atoms with Crippen molar-refractivity contribution in [2.75, 3.05) is 6.61 Å². The van der Waals surface area contributed by atoms with Crippen LogP contribution in [0.3, 0.4) is 0 Å². The van der Waals surface area contributed by atoms with Crippen LogP contribution in [0.5, 0.6) is 5.75 Å². The molecule has 0 unspecified atom stereocenters. The van der Waals surface area contributed by atoms with Gasteiger partial charge >= 0.3 is 0 Å². The molecule has 4 nitrogen and oxygen atoms in total. The third-order valence-corrected chi connectivity index (χ3v) is 2.81. The summed E-state index contributed by atoms with van der Waals surface area (Å²) in [5, 5.41) is 13.1. The predicted octanol–water partition coefficient (Wildman–Crippen LogP) is 2.99. The number of hydrogen-bond acceptors (Lipinski definition) is 3. The molecule has 92 valence electrons. The minimum atomic E-state index is 0.566. The largest absolute Gasteiger partial charge is 0.492 e. The van der Waals surface area contributed by atoms with E-state index in [4.69, 9.17) is 10.00 Å². The van der Waals surface area contributed by atoms with E-state index in [0.717, 1.165) is 17.4 Å². The lowest BCUT2D eigenvalue weighted by molar-refractivity contribution is 0.298. The molecule has 1 heterocycles. The first-order valence-electron chi connectivity index (χ1n) is 5.59. The first-order valence-corrected chi connectivity index (χ1v) is 6.39. The van der Waals surface area contributed by atoms with Gasteiger partial charge in [-0.25, -0.2) is 0 Å². The second-order valence-electron chi connectivity index (χ2n) is 3.73. The van der Waals surface area contributed by atoms with Crippen LogP contribution in [0.25, 0.3) is 0 Å². The molecule has 0 aliphatic heterocycles. The Morgan fingerprint density at radius 1 is 1.39 bits per heavy atom. The number of aryl methyl sites for hydroxylation is 1. The van der Waals surface area contributed by atoms with Crippen LogP contribution in [-0.2, 0) is 6.54 Å². The first kappa shape index (κ1) is 12.7. The van der Waals surface area contributed by atoms with Gasteiger partial charge in [0, 0.05) is 19.2 Å². The van der Waals surface area contributed by atoms with Gasteiger partial charge in [0.1, 0.15) is 11.8 Å². The lowest BCUT2D eigenvalue weighted by Gasteiger charge is -2.07. The van der Waals surface area contributed by atoms with E-state index < -0.39 is 0 Å². The van der Waals surface area contributed by atoms with Gasteiger partial charge in [-0.15, -0.1) is 0 Å². The molecular formula is C13H12BrN3O. The van der Waals surface area contributed by atoms with Crippen molar-refractivity contribution in [1.29, 1.82) is 5.26 Å². The van der Waals surface area contributed by atoms with Gasteiger partial charge in [-0.1, -0.05) is 12.1 Å². The Hall–Kier alpha value is -1.80. The Bertz CT molecular complexity index is 559. The van der Waals surface area contributed by atoms with Gasteiger partial charge in [0.25, 0.3) is 0 Å². The molecule has 0 N–H and O–H groups in total. The molecule has 2 aromatic rings. The number of rotatable bonds is 5. The summed E-state index contributed by atoms with van der Waals surface area (Å²) in [5.74, 6) is 0.640. The van der Waals surface area contributed by atoms with Crippen LogP contribution in [0, 0.1) is 11.3 Å². The van der Waals surface area contributed by atoms with Crippen molar-refractivity contribution in [1.82, 2.24) is 9.78 Å². The number of para-hydroxylation sites is 1. The highest BCUT2D eigenvalue weighted by molar-refractivity contribution is 9.10. The van der Waals surface area contributed by atoms with E-state index in [2.05, 4.69) is 27.1 Å². The topological polar surface area (TPSA) is 50.8 Å². The summed E-state index contributed by atoms with van der Waals surface area (Å²) in [6.45, 7) is 1.36. The summed E-state index contributed by atoms with van der Waals surface area (Å²) in [5.41, 5.74) is 0.569. The Balaban J connectivity index is 1.80. The second-order valence-corrected chi connectivity index (χ2v) is 4.65. The average molecular weight is 306 g/mol. The zero-order chi connectivity index (χ0) is 12.8. The van der Waals surface area contributed by atoms with Crippen molar-refractivity contribution >= 4 is 15.9 Å². The summed E-state index contributed by atoms with van der Waals surface area (Å²) in [7, 11) is 0. The van der Waals surface area contributed by atoms with Crippen LogP contribution in [0.15, 0.2) is 41.1 Å². The first-order chi connectivity index (χ1) is 8.79. The van der Waals surface area contributed by atoms with Crippen LogP contribution in [0.1, 0.15) is 12.0 Å². The lowest BCUT2D eigenvalue weighted by atomic mass is 10.2. The van der Waals surface area contributed by atoms with Gasteiger partial charge in [-0.3, -0.25) is 4.68 Å². The van der Waals surface area contributed by atoms with E-state index in [-0.39, 0.29) is 0 Å². The normalized spacial score (nSPS) is 10.0. The third-order valence-electron chi connectivity index (χ3n) is 2.40. The molecule has 1 aromatic heterocycles. The summed E-state index contributed by atoms with van der Waals surface area (Å²) in [6, 6.07) is 9.36. The van der Waals surface area contributed by atoms with Crippen LogP contribution in [-0.4, -0.2) is 16.4 Å². The standard InChI is InChI=1S/C13H12BrN3O/c14-12-9-16-17(10-12)6-3-7-18-13-5-2-1-4-11(13)8-15/h1-2,4-5,9-10H,3,6-7H2. The number of benzene rings is 1. The van der Waals surface area contributed by atoms with Crippen molar-refractivity contribution < 1.29 is 4.74 Å². The van der Waals surface area contributed by atoms with E-state index in [0.29, 0.717) is 17.9 Å².